The summed E-state index contributed by atoms with van der Waals surface area (Å²) < 4.78 is 10.5. The molecule has 0 aliphatic rings. The van der Waals surface area contributed by atoms with Crippen molar-refractivity contribution < 1.29 is 14.1 Å². The first-order valence-corrected chi connectivity index (χ1v) is 6.98. The molecule has 3 rings (SSSR count). The van der Waals surface area contributed by atoms with Gasteiger partial charge in [0.2, 0.25) is 0 Å². The molecule has 112 valence electrons. The van der Waals surface area contributed by atoms with Crippen LogP contribution in [-0.2, 0) is 4.79 Å². The highest BCUT2D eigenvalue weighted by atomic mass is 16.5. The van der Waals surface area contributed by atoms with Gasteiger partial charge < -0.3 is 14.6 Å². The third-order valence-electron chi connectivity index (χ3n) is 3.39. The fraction of sp³-hybridized carbons (Fsp3) is 0.176. The van der Waals surface area contributed by atoms with E-state index in [1.54, 1.807) is 13.8 Å². The monoisotopic (exact) mass is 296 g/mol. The lowest BCUT2D eigenvalue weighted by atomic mass is 10.1. The predicted molar refractivity (Wildman–Crippen MR) is 84.0 cm³/mol. The molecule has 1 aromatic heterocycles. The SMILES string of the molecule is Cc1noc(C)c1NC(=O)COc1ccc2ccccc2c1. The molecule has 0 saturated carbocycles. The summed E-state index contributed by atoms with van der Waals surface area (Å²) in [5.41, 5.74) is 1.25. The van der Waals surface area contributed by atoms with Gasteiger partial charge in [0.05, 0.1) is 0 Å². The molecular formula is C17H16N2O3. The van der Waals surface area contributed by atoms with Crippen LogP contribution in [0.1, 0.15) is 11.5 Å². The third kappa shape index (κ3) is 2.93. The first-order valence-electron chi connectivity index (χ1n) is 6.98. The number of hydrogen-bond donors (Lipinski definition) is 1. The number of carbonyl (C=O) groups is 1. The molecule has 22 heavy (non-hydrogen) atoms. The number of benzene rings is 2. The molecule has 5 heteroatoms. The molecule has 3 aromatic rings. The second-order valence-corrected chi connectivity index (χ2v) is 5.04. The molecule has 0 bridgehead atoms. The summed E-state index contributed by atoms with van der Waals surface area (Å²) >= 11 is 0. The van der Waals surface area contributed by atoms with Crippen molar-refractivity contribution >= 4 is 22.4 Å². The number of aryl methyl sites for hydroxylation is 2. The Morgan fingerprint density at radius 1 is 1.18 bits per heavy atom. The standard InChI is InChI=1S/C17H16N2O3/c1-11-17(12(2)22-19-11)18-16(20)10-21-15-8-7-13-5-3-4-6-14(13)9-15/h3-9H,10H2,1-2H3,(H,18,20). The summed E-state index contributed by atoms with van der Waals surface area (Å²) in [6, 6.07) is 13.7. The Kier molecular flexibility index (Phi) is 3.78. The summed E-state index contributed by atoms with van der Waals surface area (Å²) in [7, 11) is 0. The van der Waals surface area contributed by atoms with Crippen LogP contribution in [0.25, 0.3) is 10.8 Å². The molecule has 1 heterocycles. The van der Waals surface area contributed by atoms with E-state index in [1.807, 2.05) is 42.5 Å². The fourth-order valence-electron chi connectivity index (χ4n) is 2.24. The van der Waals surface area contributed by atoms with Crippen LogP contribution in [-0.4, -0.2) is 17.7 Å². The minimum Gasteiger partial charge on any atom is -0.484 e. The zero-order valence-corrected chi connectivity index (χ0v) is 12.4. The maximum Gasteiger partial charge on any atom is 0.262 e. The first kappa shape index (κ1) is 14.1. The third-order valence-corrected chi connectivity index (χ3v) is 3.39. The molecule has 0 unspecified atom stereocenters. The number of rotatable bonds is 4. The van der Waals surface area contributed by atoms with Gasteiger partial charge in [0.25, 0.3) is 5.91 Å². The molecule has 0 aliphatic heterocycles. The van der Waals surface area contributed by atoms with Gasteiger partial charge in [-0.25, -0.2) is 0 Å². The van der Waals surface area contributed by atoms with E-state index >= 15 is 0 Å². The van der Waals surface area contributed by atoms with E-state index in [0.717, 1.165) is 10.8 Å². The van der Waals surface area contributed by atoms with Crippen molar-refractivity contribution in [3.8, 4) is 5.75 Å². The summed E-state index contributed by atoms with van der Waals surface area (Å²) in [4.78, 5) is 11.9. The van der Waals surface area contributed by atoms with Gasteiger partial charge in [0, 0.05) is 0 Å². The number of nitrogens with zero attached hydrogens (tertiary/aromatic N) is 1. The lowest BCUT2D eigenvalue weighted by Crippen LogP contribution is -2.20. The number of nitrogens with one attached hydrogen (secondary N) is 1. The Labute approximate surface area is 127 Å². The minimum absolute atomic E-state index is 0.0671. The van der Waals surface area contributed by atoms with E-state index in [9.17, 15) is 4.79 Å². The number of fused-ring (bicyclic) bond motifs is 1. The van der Waals surface area contributed by atoms with Gasteiger partial charge in [-0.15, -0.1) is 0 Å². The van der Waals surface area contributed by atoms with Crippen LogP contribution in [0.5, 0.6) is 5.75 Å². The second-order valence-electron chi connectivity index (χ2n) is 5.04. The number of carbonyl (C=O) groups excluding carboxylic acids is 1. The van der Waals surface area contributed by atoms with Crippen LogP contribution < -0.4 is 10.1 Å². The summed E-state index contributed by atoms with van der Waals surface area (Å²) in [6.07, 6.45) is 0. The number of amides is 1. The maximum absolute atomic E-state index is 11.9. The lowest BCUT2D eigenvalue weighted by Gasteiger charge is -2.08. The zero-order valence-electron chi connectivity index (χ0n) is 12.4. The highest BCUT2D eigenvalue weighted by Crippen LogP contribution is 2.21. The van der Waals surface area contributed by atoms with Crippen LogP contribution >= 0.6 is 0 Å². The molecule has 0 aliphatic carbocycles. The molecule has 1 N–H and O–H groups in total. The second kappa shape index (κ2) is 5.89. The smallest absolute Gasteiger partial charge is 0.262 e. The van der Waals surface area contributed by atoms with Gasteiger partial charge in [-0.2, -0.15) is 0 Å². The van der Waals surface area contributed by atoms with Gasteiger partial charge in [0.15, 0.2) is 12.4 Å². The van der Waals surface area contributed by atoms with E-state index in [0.29, 0.717) is 22.9 Å². The number of ether oxygens (including phenoxy) is 1. The predicted octanol–water partition coefficient (Wildman–Crippen LogP) is 3.46. The Morgan fingerprint density at radius 3 is 2.68 bits per heavy atom. The molecule has 0 atom stereocenters. The largest absolute Gasteiger partial charge is 0.484 e. The van der Waals surface area contributed by atoms with Gasteiger partial charge in [-0.3, -0.25) is 4.79 Å². The van der Waals surface area contributed by atoms with Crippen molar-refractivity contribution in [1.29, 1.82) is 0 Å². The average Bonchev–Trinajstić information content (AvgIpc) is 2.84. The first-order chi connectivity index (χ1) is 10.6. The van der Waals surface area contributed by atoms with E-state index in [1.165, 1.54) is 0 Å². The van der Waals surface area contributed by atoms with Gasteiger partial charge in [0.1, 0.15) is 17.1 Å². The Bertz CT molecular complexity index is 804. The molecule has 2 aromatic carbocycles. The quantitative estimate of drug-likeness (QED) is 0.800. The summed E-state index contributed by atoms with van der Waals surface area (Å²) in [6.45, 7) is 3.46. The highest BCUT2D eigenvalue weighted by Gasteiger charge is 2.12. The zero-order chi connectivity index (χ0) is 15.5. The van der Waals surface area contributed by atoms with Crippen molar-refractivity contribution in [1.82, 2.24) is 5.16 Å². The van der Waals surface area contributed by atoms with Gasteiger partial charge >= 0.3 is 0 Å². The van der Waals surface area contributed by atoms with Crippen LogP contribution in [0.15, 0.2) is 47.0 Å². The topological polar surface area (TPSA) is 64.4 Å². The molecule has 0 saturated heterocycles. The number of anilines is 1. The van der Waals surface area contributed by atoms with Crippen molar-refractivity contribution in [2.45, 2.75) is 13.8 Å². The van der Waals surface area contributed by atoms with E-state index in [4.69, 9.17) is 9.26 Å². The van der Waals surface area contributed by atoms with Crippen LogP contribution in [0, 0.1) is 13.8 Å². The Hall–Kier alpha value is -2.82. The van der Waals surface area contributed by atoms with Gasteiger partial charge in [-0.1, -0.05) is 35.5 Å². The Balaban J connectivity index is 1.65. The van der Waals surface area contributed by atoms with Crippen LogP contribution in [0.4, 0.5) is 5.69 Å². The molecule has 0 fully saturated rings. The van der Waals surface area contributed by atoms with E-state index in [-0.39, 0.29) is 12.5 Å². The lowest BCUT2D eigenvalue weighted by molar-refractivity contribution is -0.118. The maximum atomic E-state index is 11.9. The minimum atomic E-state index is -0.248. The molecule has 1 amide bonds. The summed E-state index contributed by atoms with van der Waals surface area (Å²) in [5.74, 6) is 0.992. The Morgan fingerprint density at radius 2 is 1.95 bits per heavy atom. The van der Waals surface area contributed by atoms with Crippen molar-refractivity contribution in [2.24, 2.45) is 0 Å². The average molecular weight is 296 g/mol. The van der Waals surface area contributed by atoms with E-state index in [2.05, 4.69) is 10.5 Å². The molecule has 5 nitrogen and oxygen atoms in total. The van der Waals surface area contributed by atoms with Crippen LogP contribution in [0.2, 0.25) is 0 Å². The van der Waals surface area contributed by atoms with Crippen molar-refractivity contribution in [3.63, 3.8) is 0 Å². The molecular weight excluding hydrogens is 280 g/mol. The van der Waals surface area contributed by atoms with Gasteiger partial charge in [-0.05, 0) is 36.8 Å². The highest BCUT2D eigenvalue weighted by molar-refractivity contribution is 5.93. The number of aromatic nitrogens is 1. The van der Waals surface area contributed by atoms with E-state index < -0.39 is 0 Å². The number of hydrogen-bond acceptors (Lipinski definition) is 4. The molecule has 0 radical (unpaired) electrons. The van der Waals surface area contributed by atoms with Crippen molar-refractivity contribution in [3.05, 3.63) is 53.9 Å². The fourth-order valence-corrected chi connectivity index (χ4v) is 2.24. The molecule has 0 spiro atoms. The normalized spacial score (nSPS) is 10.6. The summed E-state index contributed by atoms with van der Waals surface area (Å²) in [5, 5.41) is 8.75. The van der Waals surface area contributed by atoms with Crippen molar-refractivity contribution in [2.75, 3.05) is 11.9 Å². The van der Waals surface area contributed by atoms with Crippen LogP contribution in [0.3, 0.4) is 0 Å².